The SMILES string of the molecule is COc1ccc(S(=O)(=O)NCc2ccno2)c(N)c1. The van der Waals surface area contributed by atoms with Crippen molar-refractivity contribution in [1.29, 1.82) is 0 Å². The zero-order chi connectivity index (χ0) is 13.9. The van der Waals surface area contributed by atoms with Gasteiger partial charge in [-0.3, -0.25) is 0 Å². The third kappa shape index (κ3) is 3.04. The van der Waals surface area contributed by atoms with E-state index in [1.165, 1.54) is 31.5 Å². The van der Waals surface area contributed by atoms with Gasteiger partial charge in [-0.25, -0.2) is 13.1 Å². The summed E-state index contributed by atoms with van der Waals surface area (Å²) in [5.41, 5.74) is 5.81. The van der Waals surface area contributed by atoms with Crippen LogP contribution in [0.5, 0.6) is 5.75 Å². The van der Waals surface area contributed by atoms with Crippen molar-refractivity contribution in [3.63, 3.8) is 0 Å². The Morgan fingerprint density at radius 1 is 1.42 bits per heavy atom. The summed E-state index contributed by atoms with van der Waals surface area (Å²) in [6.45, 7) is 0.00774. The molecule has 1 aromatic carbocycles. The van der Waals surface area contributed by atoms with Crippen LogP contribution in [-0.4, -0.2) is 20.7 Å². The van der Waals surface area contributed by atoms with Gasteiger partial charge in [0, 0.05) is 12.1 Å². The van der Waals surface area contributed by atoms with Gasteiger partial charge >= 0.3 is 0 Å². The predicted octanol–water partition coefficient (Wildman–Crippen LogP) is 0.744. The lowest BCUT2D eigenvalue weighted by molar-refractivity contribution is 0.380. The quantitative estimate of drug-likeness (QED) is 0.784. The van der Waals surface area contributed by atoms with Crippen molar-refractivity contribution in [2.75, 3.05) is 12.8 Å². The Bertz CT molecular complexity index is 653. The molecule has 102 valence electrons. The van der Waals surface area contributed by atoms with Crippen LogP contribution in [0.15, 0.2) is 39.9 Å². The van der Waals surface area contributed by atoms with Crippen LogP contribution in [0.3, 0.4) is 0 Å². The number of hydrogen-bond acceptors (Lipinski definition) is 6. The number of anilines is 1. The molecule has 1 heterocycles. The van der Waals surface area contributed by atoms with E-state index in [1.807, 2.05) is 0 Å². The second-order valence-electron chi connectivity index (χ2n) is 3.71. The summed E-state index contributed by atoms with van der Waals surface area (Å²) in [6, 6.07) is 5.93. The molecule has 7 nitrogen and oxygen atoms in total. The van der Waals surface area contributed by atoms with Crippen LogP contribution in [0.4, 0.5) is 5.69 Å². The van der Waals surface area contributed by atoms with Crippen LogP contribution in [0.25, 0.3) is 0 Å². The third-order valence-electron chi connectivity index (χ3n) is 2.43. The Balaban J connectivity index is 2.19. The molecule has 2 rings (SSSR count). The molecule has 1 aromatic heterocycles. The lowest BCUT2D eigenvalue weighted by Crippen LogP contribution is -2.24. The van der Waals surface area contributed by atoms with Crippen molar-refractivity contribution in [2.45, 2.75) is 11.4 Å². The first-order chi connectivity index (χ1) is 9.03. The second-order valence-corrected chi connectivity index (χ2v) is 5.44. The smallest absolute Gasteiger partial charge is 0.243 e. The highest BCUT2D eigenvalue weighted by atomic mass is 32.2. The molecule has 0 fully saturated rings. The maximum Gasteiger partial charge on any atom is 0.243 e. The molecule has 8 heteroatoms. The van der Waals surface area contributed by atoms with Crippen LogP contribution in [0.2, 0.25) is 0 Å². The van der Waals surface area contributed by atoms with E-state index in [4.69, 9.17) is 15.0 Å². The van der Waals surface area contributed by atoms with E-state index >= 15 is 0 Å². The molecule has 2 aromatic rings. The van der Waals surface area contributed by atoms with E-state index < -0.39 is 10.0 Å². The van der Waals surface area contributed by atoms with E-state index in [0.717, 1.165) is 0 Å². The summed E-state index contributed by atoms with van der Waals surface area (Å²) < 4.78 is 36.2. The summed E-state index contributed by atoms with van der Waals surface area (Å²) in [7, 11) is -2.23. The molecule has 0 spiro atoms. The molecule has 0 unspecified atom stereocenters. The predicted molar refractivity (Wildman–Crippen MR) is 67.9 cm³/mol. The summed E-state index contributed by atoms with van der Waals surface area (Å²) in [4.78, 5) is -0.00665. The highest BCUT2D eigenvalue weighted by molar-refractivity contribution is 7.89. The first kappa shape index (κ1) is 13.4. The number of nitrogens with two attached hydrogens (primary N) is 1. The molecule has 0 amide bonds. The van der Waals surface area contributed by atoms with Crippen LogP contribution in [0, 0.1) is 0 Å². The molecule has 0 saturated heterocycles. The van der Waals surface area contributed by atoms with Gasteiger partial charge in [0.1, 0.15) is 10.6 Å². The fourth-order valence-electron chi connectivity index (χ4n) is 1.48. The summed E-state index contributed by atoms with van der Waals surface area (Å²) in [5, 5.41) is 3.48. The Morgan fingerprint density at radius 3 is 2.79 bits per heavy atom. The summed E-state index contributed by atoms with van der Waals surface area (Å²) in [5.74, 6) is 0.905. The summed E-state index contributed by atoms with van der Waals surface area (Å²) >= 11 is 0. The Morgan fingerprint density at radius 2 is 2.21 bits per heavy atom. The molecule has 0 aliphatic carbocycles. The van der Waals surface area contributed by atoms with E-state index in [0.29, 0.717) is 11.5 Å². The Hall–Kier alpha value is -2.06. The van der Waals surface area contributed by atoms with Crippen molar-refractivity contribution in [1.82, 2.24) is 9.88 Å². The largest absolute Gasteiger partial charge is 0.497 e. The van der Waals surface area contributed by atoms with Crippen molar-refractivity contribution in [3.8, 4) is 5.75 Å². The number of hydrogen-bond donors (Lipinski definition) is 2. The number of nitrogens with zero attached hydrogens (tertiary/aromatic N) is 1. The maximum absolute atomic E-state index is 12.1. The van der Waals surface area contributed by atoms with Gasteiger partial charge in [0.25, 0.3) is 0 Å². The van der Waals surface area contributed by atoms with E-state index in [2.05, 4.69) is 9.88 Å². The first-order valence-corrected chi connectivity index (χ1v) is 6.84. The zero-order valence-electron chi connectivity index (χ0n) is 10.2. The van der Waals surface area contributed by atoms with Crippen LogP contribution < -0.4 is 15.2 Å². The zero-order valence-corrected chi connectivity index (χ0v) is 11.0. The van der Waals surface area contributed by atoms with Crippen LogP contribution in [0.1, 0.15) is 5.76 Å². The molecule has 0 bridgehead atoms. The fourth-order valence-corrected chi connectivity index (χ4v) is 2.58. The van der Waals surface area contributed by atoms with Gasteiger partial charge in [-0.1, -0.05) is 5.16 Å². The van der Waals surface area contributed by atoms with Gasteiger partial charge in [-0.2, -0.15) is 0 Å². The van der Waals surface area contributed by atoms with Crippen molar-refractivity contribution in [3.05, 3.63) is 36.2 Å². The van der Waals surface area contributed by atoms with Gasteiger partial charge in [0.05, 0.1) is 25.5 Å². The number of sulfonamides is 1. The molecule has 0 saturated carbocycles. The molecule has 3 N–H and O–H groups in total. The van der Waals surface area contributed by atoms with Gasteiger partial charge in [0.2, 0.25) is 10.0 Å². The average Bonchev–Trinajstić information content (AvgIpc) is 2.89. The van der Waals surface area contributed by atoms with Crippen molar-refractivity contribution < 1.29 is 17.7 Å². The topological polar surface area (TPSA) is 107 Å². The number of aromatic nitrogens is 1. The molecule has 0 aliphatic rings. The van der Waals surface area contributed by atoms with E-state index in [1.54, 1.807) is 6.07 Å². The van der Waals surface area contributed by atoms with E-state index in [-0.39, 0.29) is 17.1 Å². The minimum Gasteiger partial charge on any atom is -0.497 e. The highest BCUT2D eigenvalue weighted by Crippen LogP contribution is 2.23. The van der Waals surface area contributed by atoms with E-state index in [9.17, 15) is 8.42 Å². The first-order valence-electron chi connectivity index (χ1n) is 5.35. The molecular weight excluding hydrogens is 270 g/mol. The molecule has 0 atom stereocenters. The maximum atomic E-state index is 12.1. The molecular formula is C11H13N3O4S. The number of benzene rings is 1. The minimum absolute atomic E-state index is 0.00665. The fraction of sp³-hybridized carbons (Fsp3) is 0.182. The minimum atomic E-state index is -3.71. The lowest BCUT2D eigenvalue weighted by atomic mass is 10.3. The lowest BCUT2D eigenvalue weighted by Gasteiger charge is -2.09. The van der Waals surface area contributed by atoms with Crippen molar-refractivity contribution in [2.24, 2.45) is 0 Å². The third-order valence-corrected chi connectivity index (χ3v) is 3.91. The molecule has 19 heavy (non-hydrogen) atoms. The monoisotopic (exact) mass is 283 g/mol. The van der Waals surface area contributed by atoms with Crippen molar-refractivity contribution >= 4 is 15.7 Å². The normalized spacial score (nSPS) is 11.4. The molecule has 0 radical (unpaired) electrons. The van der Waals surface area contributed by atoms with Gasteiger partial charge in [0.15, 0.2) is 5.76 Å². The van der Waals surface area contributed by atoms with Gasteiger partial charge in [-0.05, 0) is 12.1 Å². The van der Waals surface area contributed by atoms with Gasteiger partial charge < -0.3 is 15.0 Å². The Labute approximate surface area is 110 Å². The van der Waals surface area contributed by atoms with Crippen LogP contribution in [-0.2, 0) is 16.6 Å². The number of rotatable bonds is 5. The standard InChI is InChI=1S/C11H13N3O4S/c1-17-8-2-3-11(10(12)6-8)19(15,16)14-7-9-4-5-13-18-9/h2-6,14H,7,12H2,1H3. The number of methoxy groups -OCH3 is 1. The molecule has 0 aliphatic heterocycles. The van der Waals surface area contributed by atoms with Crippen LogP contribution >= 0.6 is 0 Å². The Kier molecular flexibility index (Phi) is 3.72. The second kappa shape index (κ2) is 5.29. The number of nitrogen functional groups attached to an aromatic ring is 1. The highest BCUT2D eigenvalue weighted by Gasteiger charge is 2.18. The number of ether oxygens (including phenoxy) is 1. The number of nitrogens with one attached hydrogen (secondary N) is 1. The average molecular weight is 283 g/mol. The summed E-state index contributed by atoms with van der Waals surface area (Å²) in [6.07, 6.45) is 1.44. The van der Waals surface area contributed by atoms with Gasteiger partial charge in [-0.15, -0.1) is 0 Å².